The lowest BCUT2D eigenvalue weighted by Crippen LogP contribution is -2.40. The van der Waals surface area contributed by atoms with Gasteiger partial charge in [-0.15, -0.1) is 0 Å². The van der Waals surface area contributed by atoms with Crippen LogP contribution in [0.4, 0.5) is 8.78 Å². The van der Waals surface area contributed by atoms with Crippen LogP contribution in [0.2, 0.25) is 0 Å². The van der Waals surface area contributed by atoms with Crippen molar-refractivity contribution in [2.75, 3.05) is 13.1 Å². The van der Waals surface area contributed by atoms with Gasteiger partial charge < -0.3 is 10.4 Å². The van der Waals surface area contributed by atoms with Gasteiger partial charge in [-0.2, -0.15) is 8.78 Å². The molecule has 0 aromatic carbocycles. The third-order valence-electron chi connectivity index (χ3n) is 3.30. The molecule has 0 radical (unpaired) electrons. The number of nitrogens with one attached hydrogen (secondary N) is 1. The van der Waals surface area contributed by atoms with E-state index in [4.69, 9.17) is 5.11 Å². The molecule has 0 aromatic heterocycles. The highest BCUT2D eigenvalue weighted by Gasteiger charge is 2.62. The van der Waals surface area contributed by atoms with Crippen molar-refractivity contribution in [2.45, 2.75) is 25.2 Å². The van der Waals surface area contributed by atoms with Crippen molar-refractivity contribution in [3.8, 4) is 0 Å². The Kier molecular flexibility index (Phi) is 2.03. The Labute approximate surface area is 80.5 Å². The number of alkyl halides is 2. The number of rotatable bonds is 5. The molecule has 0 aromatic rings. The van der Waals surface area contributed by atoms with Gasteiger partial charge in [0.1, 0.15) is 0 Å². The molecule has 0 amide bonds. The highest BCUT2D eigenvalue weighted by molar-refractivity contribution is 5.75. The minimum absolute atomic E-state index is 0.478. The van der Waals surface area contributed by atoms with Crippen molar-refractivity contribution < 1.29 is 18.7 Å². The maximum Gasteiger partial charge on any atom is 0.375 e. The second-order valence-corrected chi connectivity index (χ2v) is 4.40. The van der Waals surface area contributed by atoms with Crippen LogP contribution >= 0.6 is 0 Å². The fraction of sp³-hybridized carbons (Fsp3) is 0.889. The van der Waals surface area contributed by atoms with Gasteiger partial charge >= 0.3 is 11.9 Å². The van der Waals surface area contributed by atoms with E-state index in [1.807, 2.05) is 0 Å². The molecule has 1 unspecified atom stereocenters. The van der Waals surface area contributed by atoms with E-state index < -0.39 is 18.4 Å². The first kappa shape index (κ1) is 9.83. The molecular formula is C9H13F2NO2. The third kappa shape index (κ3) is 1.73. The second kappa shape index (κ2) is 2.89. The highest BCUT2D eigenvalue weighted by Crippen LogP contribution is 2.70. The van der Waals surface area contributed by atoms with Gasteiger partial charge in [0.2, 0.25) is 0 Å². The van der Waals surface area contributed by atoms with E-state index in [9.17, 15) is 13.6 Å². The molecule has 2 saturated carbocycles. The van der Waals surface area contributed by atoms with Crippen LogP contribution in [-0.4, -0.2) is 30.1 Å². The second-order valence-electron chi connectivity index (χ2n) is 4.40. The smallest absolute Gasteiger partial charge is 0.375 e. The van der Waals surface area contributed by atoms with Crippen LogP contribution in [0.3, 0.4) is 0 Å². The van der Waals surface area contributed by atoms with E-state index in [-0.39, 0.29) is 0 Å². The number of carbonyl (C=O) groups is 1. The third-order valence-corrected chi connectivity index (χ3v) is 3.30. The van der Waals surface area contributed by atoms with Crippen LogP contribution in [-0.2, 0) is 4.79 Å². The monoisotopic (exact) mass is 205 g/mol. The summed E-state index contributed by atoms with van der Waals surface area (Å²) < 4.78 is 25.1. The Morgan fingerprint density at radius 1 is 1.57 bits per heavy atom. The Bertz CT molecular complexity index is 264. The molecule has 2 aliphatic carbocycles. The van der Waals surface area contributed by atoms with Crippen molar-refractivity contribution in [2.24, 2.45) is 11.3 Å². The summed E-state index contributed by atoms with van der Waals surface area (Å²) in [7, 11) is 0. The molecule has 0 aliphatic heterocycles. The molecule has 3 nitrogen and oxygen atoms in total. The molecule has 80 valence electrons. The topological polar surface area (TPSA) is 49.3 Å². The first-order valence-corrected chi connectivity index (χ1v) is 4.78. The number of aliphatic carboxylic acids is 1. The number of hydrogen-bond donors (Lipinski definition) is 2. The predicted octanol–water partition coefficient (Wildman–Crippen LogP) is 1.10. The Morgan fingerprint density at radius 3 is 2.64 bits per heavy atom. The van der Waals surface area contributed by atoms with E-state index in [1.165, 1.54) is 12.8 Å². The first-order valence-electron chi connectivity index (χ1n) is 4.78. The number of carboxylic acid groups (broad SMARTS) is 1. The molecular weight excluding hydrogens is 192 g/mol. The summed E-state index contributed by atoms with van der Waals surface area (Å²) in [6.45, 7) is -0.224. The molecule has 1 atom stereocenters. The van der Waals surface area contributed by atoms with Crippen LogP contribution in [0.1, 0.15) is 19.3 Å². The van der Waals surface area contributed by atoms with Gasteiger partial charge in [0.15, 0.2) is 0 Å². The molecule has 2 aliphatic rings. The van der Waals surface area contributed by atoms with Crippen LogP contribution < -0.4 is 5.32 Å². The summed E-state index contributed by atoms with van der Waals surface area (Å²) in [6, 6.07) is 0. The molecule has 2 N–H and O–H groups in total. The van der Waals surface area contributed by atoms with Crippen molar-refractivity contribution in [3.63, 3.8) is 0 Å². The largest absolute Gasteiger partial charge is 0.477 e. The zero-order chi connectivity index (χ0) is 10.4. The van der Waals surface area contributed by atoms with E-state index in [1.54, 1.807) is 0 Å². The van der Waals surface area contributed by atoms with E-state index in [0.29, 0.717) is 17.9 Å². The van der Waals surface area contributed by atoms with Crippen molar-refractivity contribution in [3.05, 3.63) is 0 Å². The van der Waals surface area contributed by atoms with Crippen molar-refractivity contribution in [1.29, 1.82) is 0 Å². The maximum absolute atomic E-state index is 12.6. The summed E-state index contributed by atoms with van der Waals surface area (Å²) in [5.74, 6) is -5.18. The number of hydrogen-bond acceptors (Lipinski definition) is 2. The SMILES string of the molecule is O=C(O)C(F)(F)CNCC1CC12CC2. The zero-order valence-corrected chi connectivity index (χ0v) is 7.72. The average Bonchev–Trinajstić information content (AvgIpc) is 2.95. The minimum Gasteiger partial charge on any atom is -0.477 e. The Hall–Kier alpha value is -0.710. The maximum atomic E-state index is 12.6. The first-order chi connectivity index (χ1) is 6.46. The lowest BCUT2D eigenvalue weighted by molar-refractivity contribution is -0.164. The van der Waals surface area contributed by atoms with Gasteiger partial charge in [-0.25, -0.2) is 4.79 Å². The van der Waals surface area contributed by atoms with Gasteiger partial charge in [0.25, 0.3) is 0 Å². The Morgan fingerprint density at radius 2 is 2.21 bits per heavy atom. The summed E-state index contributed by atoms with van der Waals surface area (Å²) in [6.07, 6.45) is 3.56. The lowest BCUT2D eigenvalue weighted by atomic mass is 10.3. The quantitative estimate of drug-likeness (QED) is 0.706. The van der Waals surface area contributed by atoms with Gasteiger partial charge in [-0.3, -0.25) is 0 Å². The summed E-state index contributed by atoms with van der Waals surface area (Å²) in [4.78, 5) is 10.1. The molecule has 1 spiro atoms. The number of carboxylic acids is 1. The predicted molar refractivity (Wildman–Crippen MR) is 45.2 cm³/mol. The van der Waals surface area contributed by atoms with Crippen LogP contribution in [0.5, 0.6) is 0 Å². The molecule has 0 heterocycles. The van der Waals surface area contributed by atoms with Crippen LogP contribution in [0.15, 0.2) is 0 Å². The minimum atomic E-state index is -3.63. The summed E-state index contributed by atoms with van der Waals surface area (Å²) >= 11 is 0. The van der Waals surface area contributed by atoms with Gasteiger partial charge in [-0.05, 0) is 37.1 Å². The standard InChI is InChI=1S/C9H13F2NO2/c10-9(11,7(13)14)5-12-4-6-3-8(6)1-2-8/h6,12H,1-5H2,(H,13,14). The molecule has 14 heavy (non-hydrogen) atoms. The van der Waals surface area contributed by atoms with Crippen molar-refractivity contribution >= 4 is 5.97 Å². The molecule has 5 heteroatoms. The zero-order valence-electron chi connectivity index (χ0n) is 7.72. The van der Waals surface area contributed by atoms with E-state index >= 15 is 0 Å². The molecule has 0 saturated heterocycles. The Balaban J connectivity index is 1.65. The van der Waals surface area contributed by atoms with Crippen LogP contribution in [0.25, 0.3) is 0 Å². The highest BCUT2D eigenvalue weighted by atomic mass is 19.3. The van der Waals surface area contributed by atoms with Crippen molar-refractivity contribution in [1.82, 2.24) is 5.32 Å². The lowest BCUT2D eigenvalue weighted by Gasteiger charge is -2.11. The summed E-state index contributed by atoms with van der Waals surface area (Å²) in [5.41, 5.74) is 0.478. The fourth-order valence-corrected chi connectivity index (χ4v) is 1.97. The molecule has 2 fully saturated rings. The normalized spacial score (nSPS) is 27.7. The fourth-order valence-electron chi connectivity index (χ4n) is 1.97. The van der Waals surface area contributed by atoms with Gasteiger partial charge in [0.05, 0.1) is 6.54 Å². The van der Waals surface area contributed by atoms with Gasteiger partial charge in [-0.1, -0.05) is 0 Å². The molecule has 2 rings (SSSR count). The van der Waals surface area contributed by atoms with E-state index in [2.05, 4.69) is 5.32 Å². The van der Waals surface area contributed by atoms with E-state index in [0.717, 1.165) is 6.42 Å². The number of halogens is 2. The van der Waals surface area contributed by atoms with Gasteiger partial charge in [0, 0.05) is 0 Å². The van der Waals surface area contributed by atoms with Crippen LogP contribution in [0, 0.1) is 11.3 Å². The molecule has 0 bridgehead atoms. The summed E-state index contributed by atoms with van der Waals surface area (Å²) in [5, 5.41) is 10.7. The average molecular weight is 205 g/mol.